The number of benzene rings is 3. The van der Waals surface area contributed by atoms with Gasteiger partial charge in [-0.05, 0) is 55.8 Å². The van der Waals surface area contributed by atoms with Gasteiger partial charge in [0.05, 0.1) is 37.8 Å². The van der Waals surface area contributed by atoms with E-state index in [1.807, 2.05) is 44.2 Å². The first-order chi connectivity index (χ1) is 16.4. The van der Waals surface area contributed by atoms with Gasteiger partial charge in [-0.2, -0.15) is 10.1 Å². The number of rotatable bonds is 7. The molecule has 1 heterocycles. The number of nitrogens with zero attached hydrogens (tertiary/aromatic N) is 3. The SMILES string of the molecule is COc1cc(/C=N/N(C(=O)c2ccc(C)cc2)c2nc3ccc(C)cc3s2)cc(OC)c1OC. The summed E-state index contributed by atoms with van der Waals surface area (Å²) in [6.45, 7) is 4.00. The Balaban J connectivity index is 1.78. The van der Waals surface area contributed by atoms with E-state index in [-0.39, 0.29) is 5.91 Å². The Morgan fingerprint density at radius 3 is 2.18 bits per heavy atom. The predicted octanol–water partition coefficient (Wildman–Crippen LogP) is 5.62. The summed E-state index contributed by atoms with van der Waals surface area (Å²) < 4.78 is 17.2. The van der Waals surface area contributed by atoms with Crippen LogP contribution < -0.4 is 19.2 Å². The number of carbonyl (C=O) groups is 1. The summed E-state index contributed by atoms with van der Waals surface area (Å²) >= 11 is 1.41. The van der Waals surface area contributed by atoms with Crippen LogP contribution in [-0.4, -0.2) is 38.4 Å². The highest BCUT2D eigenvalue weighted by molar-refractivity contribution is 7.22. The van der Waals surface area contributed by atoms with Crippen LogP contribution in [0.4, 0.5) is 5.13 Å². The molecule has 0 atom stereocenters. The molecule has 0 saturated heterocycles. The van der Waals surface area contributed by atoms with Gasteiger partial charge in [0.15, 0.2) is 11.5 Å². The Morgan fingerprint density at radius 2 is 1.56 bits per heavy atom. The van der Waals surface area contributed by atoms with E-state index >= 15 is 0 Å². The molecule has 0 aliphatic carbocycles. The lowest BCUT2D eigenvalue weighted by Crippen LogP contribution is -2.25. The summed E-state index contributed by atoms with van der Waals surface area (Å²) in [7, 11) is 4.65. The molecule has 34 heavy (non-hydrogen) atoms. The summed E-state index contributed by atoms with van der Waals surface area (Å²) in [4.78, 5) is 18.1. The van der Waals surface area contributed by atoms with Gasteiger partial charge in [0.2, 0.25) is 10.9 Å². The lowest BCUT2D eigenvalue weighted by Gasteiger charge is -2.15. The van der Waals surface area contributed by atoms with E-state index in [1.165, 1.54) is 16.3 Å². The van der Waals surface area contributed by atoms with Crippen molar-refractivity contribution < 1.29 is 19.0 Å². The van der Waals surface area contributed by atoms with Crippen LogP contribution in [0.3, 0.4) is 0 Å². The minimum atomic E-state index is -0.278. The summed E-state index contributed by atoms with van der Waals surface area (Å²) in [5.41, 5.74) is 4.20. The van der Waals surface area contributed by atoms with Crippen LogP contribution in [0.2, 0.25) is 0 Å². The van der Waals surface area contributed by atoms with Crippen molar-refractivity contribution in [3.8, 4) is 17.2 Å². The Labute approximate surface area is 202 Å². The van der Waals surface area contributed by atoms with Gasteiger partial charge >= 0.3 is 0 Å². The minimum Gasteiger partial charge on any atom is -0.493 e. The van der Waals surface area contributed by atoms with Crippen molar-refractivity contribution >= 4 is 38.8 Å². The number of methoxy groups -OCH3 is 3. The van der Waals surface area contributed by atoms with Crippen molar-refractivity contribution in [1.29, 1.82) is 0 Å². The Kier molecular flexibility index (Phi) is 6.79. The molecule has 1 amide bonds. The van der Waals surface area contributed by atoms with Crippen molar-refractivity contribution in [3.63, 3.8) is 0 Å². The molecular weight excluding hydrogens is 450 g/mol. The number of amides is 1. The van der Waals surface area contributed by atoms with E-state index in [0.717, 1.165) is 21.3 Å². The van der Waals surface area contributed by atoms with Gasteiger partial charge in [-0.25, -0.2) is 4.98 Å². The maximum Gasteiger partial charge on any atom is 0.280 e. The van der Waals surface area contributed by atoms with Gasteiger partial charge in [0.25, 0.3) is 5.91 Å². The van der Waals surface area contributed by atoms with Crippen LogP contribution in [0.5, 0.6) is 17.2 Å². The second-order valence-corrected chi connectivity index (χ2v) is 8.66. The molecule has 0 aliphatic rings. The third-order valence-corrected chi connectivity index (χ3v) is 6.21. The highest BCUT2D eigenvalue weighted by Gasteiger charge is 2.21. The molecule has 4 rings (SSSR count). The lowest BCUT2D eigenvalue weighted by molar-refractivity contribution is 0.0988. The van der Waals surface area contributed by atoms with Crippen LogP contribution in [0.15, 0.2) is 59.7 Å². The number of aromatic nitrogens is 1. The van der Waals surface area contributed by atoms with E-state index in [1.54, 1.807) is 51.8 Å². The molecule has 3 aromatic carbocycles. The summed E-state index contributed by atoms with van der Waals surface area (Å²) in [6.07, 6.45) is 1.58. The monoisotopic (exact) mass is 475 g/mol. The fourth-order valence-electron chi connectivity index (χ4n) is 3.42. The first kappa shape index (κ1) is 23.3. The third kappa shape index (κ3) is 4.72. The first-order valence-corrected chi connectivity index (χ1v) is 11.4. The maximum atomic E-state index is 13.5. The van der Waals surface area contributed by atoms with E-state index in [2.05, 4.69) is 10.1 Å². The molecule has 0 bridgehead atoms. The first-order valence-electron chi connectivity index (χ1n) is 10.6. The van der Waals surface area contributed by atoms with Crippen molar-refractivity contribution in [2.45, 2.75) is 13.8 Å². The number of thiazole rings is 1. The fourth-order valence-corrected chi connectivity index (χ4v) is 4.44. The van der Waals surface area contributed by atoms with Crippen LogP contribution in [-0.2, 0) is 0 Å². The molecule has 7 nitrogen and oxygen atoms in total. The van der Waals surface area contributed by atoms with Crippen LogP contribution in [0, 0.1) is 13.8 Å². The number of anilines is 1. The molecule has 0 unspecified atom stereocenters. The van der Waals surface area contributed by atoms with Gasteiger partial charge in [0, 0.05) is 11.1 Å². The molecule has 0 radical (unpaired) electrons. The van der Waals surface area contributed by atoms with Gasteiger partial charge in [-0.1, -0.05) is 35.1 Å². The second kappa shape index (κ2) is 9.93. The van der Waals surface area contributed by atoms with Gasteiger partial charge in [-0.3, -0.25) is 4.79 Å². The molecule has 0 fully saturated rings. The Bertz CT molecular complexity index is 1340. The zero-order valence-corrected chi connectivity index (χ0v) is 20.5. The molecule has 8 heteroatoms. The van der Waals surface area contributed by atoms with Gasteiger partial charge in [0.1, 0.15) is 0 Å². The number of hydrazone groups is 1. The minimum absolute atomic E-state index is 0.278. The van der Waals surface area contributed by atoms with Gasteiger partial charge < -0.3 is 14.2 Å². The lowest BCUT2D eigenvalue weighted by atomic mass is 10.1. The highest BCUT2D eigenvalue weighted by atomic mass is 32.1. The van der Waals surface area contributed by atoms with Crippen LogP contribution in [0.25, 0.3) is 10.2 Å². The van der Waals surface area contributed by atoms with E-state index in [9.17, 15) is 4.79 Å². The largest absolute Gasteiger partial charge is 0.493 e. The number of hydrogen-bond acceptors (Lipinski definition) is 7. The molecular formula is C26H25N3O4S. The summed E-state index contributed by atoms with van der Waals surface area (Å²) in [6, 6.07) is 16.9. The number of hydrogen-bond donors (Lipinski definition) is 0. The topological polar surface area (TPSA) is 73.2 Å². The maximum absolute atomic E-state index is 13.5. The fraction of sp³-hybridized carbons (Fsp3) is 0.192. The molecule has 174 valence electrons. The number of aryl methyl sites for hydroxylation is 2. The normalized spacial score (nSPS) is 11.1. The average Bonchev–Trinajstić information content (AvgIpc) is 3.26. The molecule has 0 saturated carbocycles. The summed E-state index contributed by atoms with van der Waals surface area (Å²) in [5.74, 6) is 1.20. The van der Waals surface area contributed by atoms with E-state index in [4.69, 9.17) is 14.2 Å². The molecule has 1 aromatic heterocycles. The Hall–Kier alpha value is -3.91. The molecule has 4 aromatic rings. The van der Waals surface area contributed by atoms with Crippen molar-refractivity contribution in [2.24, 2.45) is 5.10 Å². The zero-order chi connectivity index (χ0) is 24.2. The van der Waals surface area contributed by atoms with E-state index in [0.29, 0.717) is 33.5 Å². The van der Waals surface area contributed by atoms with Crippen LogP contribution in [0.1, 0.15) is 27.0 Å². The second-order valence-electron chi connectivity index (χ2n) is 7.65. The smallest absolute Gasteiger partial charge is 0.280 e. The Morgan fingerprint density at radius 1 is 0.912 bits per heavy atom. The van der Waals surface area contributed by atoms with Crippen molar-refractivity contribution in [2.75, 3.05) is 26.3 Å². The molecule has 0 aliphatic heterocycles. The quantitative estimate of drug-likeness (QED) is 0.256. The van der Waals surface area contributed by atoms with Crippen molar-refractivity contribution in [3.05, 3.63) is 76.9 Å². The van der Waals surface area contributed by atoms with Crippen LogP contribution >= 0.6 is 11.3 Å². The average molecular weight is 476 g/mol. The predicted molar refractivity (Wildman–Crippen MR) is 136 cm³/mol. The summed E-state index contributed by atoms with van der Waals surface area (Å²) in [5, 5.41) is 6.35. The number of fused-ring (bicyclic) bond motifs is 1. The number of ether oxygens (including phenoxy) is 3. The molecule has 0 N–H and O–H groups in total. The van der Waals surface area contributed by atoms with E-state index < -0.39 is 0 Å². The molecule has 0 spiro atoms. The van der Waals surface area contributed by atoms with Crippen molar-refractivity contribution in [1.82, 2.24) is 4.98 Å². The number of carbonyl (C=O) groups excluding carboxylic acids is 1. The van der Waals surface area contributed by atoms with Gasteiger partial charge in [-0.15, -0.1) is 0 Å². The third-order valence-electron chi connectivity index (χ3n) is 5.21. The standard InChI is InChI=1S/C26H25N3O4S/c1-16-6-9-19(10-7-16)25(30)29(26-28-20-11-8-17(2)12-23(20)34-26)27-15-18-13-21(31-3)24(33-5)22(14-18)32-4/h6-15H,1-5H3/b27-15+. The highest BCUT2D eigenvalue weighted by Crippen LogP contribution is 2.38. The zero-order valence-electron chi connectivity index (χ0n) is 19.7.